The van der Waals surface area contributed by atoms with E-state index in [1.54, 1.807) is 4.90 Å². The first-order valence-electron chi connectivity index (χ1n) is 10.9. The van der Waals surface area contributed by atoms with Gasteiger partial charge in [0.15, 0.2) is 9.84 Å². The molecule has 1 aromatic heterocycles. The van der Waals surface area contributed by atoms with Crippen LogP contribution in [0.5, 0.6) is 0 Å². The number of amides is 1. The maximum absolute atomic E-state index is 13.5. The fourth-order valence-electron chi connectivity index (χ4n) is 4.47. The molecule has 0 saturated carbocycles. The average Bonchev–Trinajstić information content (AvgIpc) is 2.84. The lowest BCUT2D eigenvalue weighted by Gasteiger charge is -2.39. The minimum absolute atomic E-state index is 0.0496. The van der Waals surface area contributed by atoms with Gasteiger partial charge >= 0.3 is 0 Å². The van der Waals surface area contributed by atoms with Gasteiger partial charge in [0.25, 0.3) is 0 Å². The van der Waals surface area contributed by atoms with E-state index in [0.29, 0.717) is 12.1 Å². The number of sulfonamides is 1. The highest BCUT2D eigenvalue weighted by molar-refractivity contribution is 7.91. The summed E-state index contributed by atoms with van der Waals surface area (Å²) in [6, 6.07) is 12.5. The van der Waals surface area contributed by atoms with Crippen molar-refractivity contribution in [3.8, 4) is 0 Å². The van der Waals surface area contributed by atoms with Gasteiger partial charge in [0.2, 0.25) is 15.9 Å². The first-order valence-corrected chi connectivity index (χ1v) is 14.1. The van der Waals surface area contributed by atoms with E-state index in [9.17, 15) is 21.6 Å². The molecule has 2 saturated heterocycles. The second-order valence-corrected chi connectivity index (χ2v) is 12.8. The predicted molar refractivity (Wildman–Crippen MR) is 123 cm³/mol. The van der Waals surface area contributed by atoms with Crippen LogP contribution >= 0.6 is 0 Å². The number of hydrogen-bond donors (Lipinski definition) is 1. The van der Waals surface area contributed by atoms with Gasteiger partial charge in [-0.2, -0.15) is 4.31 Å². The van der Waals surface area contributed by atoms with E-state index in [2.05, 4.69) is 4.98 Å². The average molecular weight is 493 g/mol. The maximum Gasteiger partial charge on any atom is 0.243 e. The fourth-order valence-corrected chi connectivity index (χ4v) is 7.24. The van der Waals surface area contributed by atoms with Crippen molar-refractivity contribution in [2.24, 2.45) is 11.7 Å². The van der Waals surface area contributed by atoms with Gasteiger partial charge in [0.05, 0.1) is 28.0 Å². The lowest BCUT2D eigenvalue weighted by atomic mass is 9.85. The summed E-state index contributed by atoms with van der Waals surface area (Å²) in [5.74, 6) is -1.03. The van der Waals surface area contributed by atoms with Crippen LogP contribution < -0.4 is 5.73 Å². The number of aromatic nitrogens is 1. The number of nitrogens with two attached hydrogens (primary N) is 1. The Balaban J connectivity index is 1.63. The topological polar surface area (TPSA) is 131 Å². The van der Waals surface area contributed by atoms with E-state index in [4.69, 9.17) is 5.73 Å². The lowest BCUT2D eigenvalue weighted by Crippen LogP contribution is -2.52. The minimum Gasteiger partial charge on any atom is -0.340 e. The molecule has 0 unspecified atom stereocenters. The van der Waals surface area contributed by atoms with E-state index in [1.165, 1.54) is 22.6 Å². The molecular formula is C22H28N4O5S2. The highest BCUT2D eigenvalue weighted by Crippen LogP contribution is 2.34. The Morgan fingerprint density at radius 2 is 1.79 bits per heavy atom. The number of carbonyl (C=O) groups excluding carboxylic acids is 1. The minimum atomic E-state index is -3.88. The van der Waals surface area contributed by atoms with Crippen molar-refractivity contribution < 1.29 is 21.6 Å². The van der Waals surface area contributed by atoms with Crippen molar-refractivity contribution in [3.63, 3.8) is 0 Å². The Labute approximate surface area is 194 Å². The summed E-state index contributed by atoms with van der Waals surface area (Å²) in [7, 11) is -7.01. The van der Waals surface area contributed by atoms with Crippen molar-refractivity contribution in [3.05, 3.63) is 59.9 Å². The van der Waals surface area contributed by atoms with Crippen molar-refractivity contribution in [2.45, 2.75) is 23.8 Å². The molecule has 0 aliphatic carbocycles. The van der Waals surface area contributed by atoms with Gasteiger partial charge in [0.1, 0.15) is 0 Å². The zero-order valence-electron chi connectivity index (χ0n) is 18.2. The molecule has 2 aliphatic heterocycles. The van der Waals surface area contributed by atoms with Crippen LogP contribution in [0.3, 0.4) is 0 Å². The second-order valence-electron chi connectivity index (χ2n) is 8.53. The zero-order chi connectivity index (χ0) is 23.6. The number of benzene rings is 1. The summed E-state index contributed by atoms with van der Waals surface area (Å²) in [5.41, 5.74) is 7.07. The molecule has 2 fully saturated rings. The van der Waals surface area contributed by atoms with Crippen LogP contribution in [-0.2, 0) is 31.2 Å². The largest absolute Gasteiger partial charge is 0.340 e. The summed E-state index contributed by atoms with van der Waals surface area (Å²) in [6.45, 7) is 0.711. The van der Waals surface area contributed by atoms with Crippen molar-refractivity contribution in [1.29, 1.82) is 0 Å². The molecule has 2 aliphatic rings. The molecule has 2 N–H and O–H groups in total. The molecule has 2 atom stereocenters. The summed E-state index contributed by atoms with van der Waals surface area (Å²) >= 11 is 0. The number of nitrogens with zero attached hydrogens (tertiary/aromatic N) is 3. The van der Waals surface area contributed by atoms with Gasteiger partial charge in [-0.3, -0.25) is 9.78 Å². The fraction of sp³-hybridized carbons (Fsp3) is 0.455. The molecule has 1 amide bonds. The smallest absolute Gasteiger partial charge is 0.243 e. The Bertz CT molecular complexity index is 1200. The van der Waals surface area contributed by atoms with Gasteiger partial charge in [0, 0.05) is 38.9 Å². The van der Waals surface area contributed by atoms with Crippen LogP contribution in [0, 0.1) is 5.92 Å². The number of piperidine rings is 1. The first-order chi connectivity index (χ1) is 15.7. The second kappa shape index (κ2) is 9.49. The molecular weight excluding hydrogens is 464 g/mol. The third-order valence-electron chi connectivity index (χ3n) is 6.33. The van der Waals surface area contributed by atoms with Crippen LogP contribution in [-0.4, -0.2) is 74.6 Å². The molecule has 4 rings (SSSR count). The highest BCUT2D eigenvalue weighted by atomic mass is 32.2. The molecule has 9 nitrogen and oxygen atoms in total. The van der Waals surface area contributed by atoms with E-state index in [0.717, 1.165) is 5.56 Å². The highest BCUT2D eigenvalue weighted by Gasteiger charge is 2.40. The van der Waals surface area contributed by atoms with Crippen LogP contribution in [0.2, 0.25) is 0 Å². The maximum atomic E-state index is 13.5. The van der Waals surface area contributed by atoms with Crippen LogP contribution in [0.4, 0.5) is 0 Å². The predicted octanol–water partition coefficient (Wildman–Crippen LogP) is 0.592. The molecule has 178 valence electrons. The molecule has 0 bridgehead atoms. The number of sulfone groups is 1. The molecule has 2 aromatic rings. The lowest BCUT2D eigenvalue weighted by molar-refractivity contribution is -0.136. The standard InChI is InChI=1S/C22H28N4O5S2/c23-14-20-13-21(6-7-24-20)33(30,31)26-15-18(17-4-2-1-3-5-17)12-19(16-26)22(27)25-8-10-32(28,29)11-9-25/h1-7,13,18-19H,8-12,14-16,23H2/t18-,19+/m1/s1. The summed E-state index contributed by atoms with van der Waals surface area (Å²) in [5, 5.41) is 0. The normalized spacial score (nSPS) is 23.8. The molecule has 33 heavy (non-hydrogen) atoms. The van der Waals surface area contributed by atoms with Gasteiger partial charge in [-0.1, -0.05) is 30.3 Å². The number of carbonyl (C=O) groups is 1. The monoisotopic (exact) mass is 492 g/mol. The van der Waals surface area contributed by atoms with Crippen molar-refractivity contribution in [2.75, 3.05) is 37.7 Å². The van der Waals surface area contributed by atoms with E-state index in [1.807, 2.05) is 30.3 Å². The SMILES string of the molecule is NCc1cc(S(=O)(=O)N2C[C@@H](C(=O)N3CCS(=O)(=O)CC3)C[C@@H](c3ccccc3)C2)ccn1. The van der Waals surface area contributed by atoms with Gasteiger partial charge < -0.3 is 10.6 Å². The van der Waals surface area contributed by atoms with Gasteiger partial charge in [-0.05, 0) is 30.0 Å². The first kappa shape index (κ1) is 23.8. The summed E-state index contributed by atoms with van der Waals surface area (Å²) < 4.78 is 52.0. The number of rotatable bonds is 5. The van der Waals surface area contributed by atoms with Crippen molar-refractivity contribution >= 4 is 25.8 Å². The van der Waals surface area contributed by atoms with Crippen molar-refractivity contribution in [1.82, 2.24) is 14.2 Å². The third-order valence-corrected chi connectivity index (χ3v) is 9.77. The number of pyridine rings is 1. The molecule has 0 radical (unpaired) electrons. The molecule has 3 heterocycles. The molecule has 0 spiro atoms. The van der Waals surface area contributed by atoms with E-state index >= 15 is 0 Å². The number of hydrogen-bond acceptors (Lipinski definition) is 7. The Morgan fingerprint density at radius 1 is 1.09 bits per heavy atom. The zero-order valence-corrected chi connectivity index (χ0v) is 19.8. The van der Waals surface area contributed by atoms with E-state index in [-0.39, 0.29) is 61.0 Å². The summed E-state index contributed by atoms with van der Waals surface area (Å²) in [6.07, 6.45) is 1.92. The third kappa shape index (κ3) is 5.26. The van der Waals surface area contributed by atoms with Gasteiger partial charge in [-0.15, -0.1) is 0 Å². The van der Waals surface area contributed by atoms with Gasteiger partial charge in [-0.25, -0.2) is 16.8 Å². The molecule has 1 aromatic carbocycles. The Morgan fingerprint density at radius 3 is 2.45 bits per heavy atom. The molecule has 11 heteroatoms. The van der Waals surface area contributed by atoms with E-state index < -0.39 is 25.8 Å². The quantitative estimate of drug-likeness (QED) is 0.646. The summed E-state index contributed by atoms with van der Waals surface area (Å²) in [4.78, 5) is 19.1. The van der Waals surface area contributed by atoms with Crippen LogP contribution in [0.1, 0.15) is 23.6 Å². The van der Waals surface area contributed by atoms with Crippen LogP contribution in [0.25, 0.3) is 0 Å². The Hall–Kier alpha value is -2.34. The van der Waals surface area contributed by atoms with Crippen LogP contribution in [0.15, 0.2) is 53.6 Å². The Kier molecular flexibility index (Phi) is 6.85.